The van der Waals surface area contributed by atoms with Crippen LogP contribution in [0.4, 0.5) is 0 Å². The Morgan fingerprint density at radius 1 is 1.05 bits per heavy atom. The van der Waals surface area contributed by atoms with E-state index < -0.39 is 0 Å². The maximum atomic E-state index is 12.1. The van der Waals surface area contributed by atoms with E-state index in [4.69, 9.17) is 4.74 Å². The summed E-state index contributed by atoms with van der Waals surface area (Å²) in [5.41, 5.74) is 1.69. The van der Waals surface area contributed by atoms with Crippen LogP contribution in [0.1, 0.15) is 35.7 Å². The van der Waals surface area contributed by atoms with Crippen molar-refractivity contribution < 1.29 is 9.53 Å². The molecule has 0 radical (unpaired) electrons. The zero-order chi connectivity index (χ0) is 14.9. The molecule has 2 nitrogen and oxygen atoms in total. The highest BCUT2D eigenvalue weighted by Gasteiger charge is 2.02. The molecule has 108 valence electrons. The lowest BCUT2D eigenvalue weighted by Crippen LogP contribution is -1.98. The number of ether oxygens (including phenoxy) is 1. The fraction of sp³-hybridized carbons (Fsp3) is 0.211. The van der Waals surface area contributed by atoms with Gasteiger partial charge < -0.3 is 4.74 Å². The highest BCUT2D eigenvalue weighted by atomic mass is 16.5. The van der Waals surface area contributed by atoms with Gasteiger partial charge in [0.15, 0.2) is 5.78 Å². The van der Waals surface area contributed by atoms with E-state index in [0.717, 1.165) is 30.8 Å². The second-order valence-electron chi connectivity index (χ2n) is 4.83. The van der Waals surface area contributed by atoms with Crippen LogP contribution in [0, 0.1) is 0 Å². The Bertz CT molecular complexity index is 583. The van der Waals surface area contributed by atoms with Crippen molar-refractivity contribution >= 4 is 11.9 Å². The van der Waals surface area contributed by atoms with Crippen molar-refractivity contribution in [3.8, 4) is 5.75 Å². The van der Waals surface area contributed by atoms with Gasteiger partial charge in [-0.25, -0.2) is 0 Å². The summed E-state index contributed by atoms with van der Waals surface area (Å²) >= 11 is 0. The van der Waals surface area contributed by atoms with E-state index in [0.29, 0.717) is 5.56 Å². The van der Waals surface area contributed by atoms with Gasteiger partial charge in [-0.05, 0) is 42.3 Å². The zero-order valence-corrected chi connectivity index (χ0v) is 12.3. The molecule has 0 heterocycles. The minimum atomic E-state index is -0.000962. The normalized spacial score (nSPS) is 10.7. The summed E-state index contributed by atoms with van der Waals surface area (Å²) in [7, 11) is 0. The zero-order valence-electron chi connectivity index (χ0n) is 12.3. The van der Waals surface area contributed by atoms with Gasteiger partial charge in [0.1, 0.15) is 5.75 Å². The van der Waals surface area contributed by atoms with E-state index in [1.807, 2.05) is 48.5 Å². The van der Waals surface area contributed by atoms with Crippen LogP contribution in [0.5, 0.6) is 5.75 Å². The van der Waals surface area contributed by atoms with Gasteiger partial charge >= 0.3 is 0 Å². The first kappa shape index (κ1) is 15.0. The summed E-state index contributed by atoms with van der Waals surface area (Å²) in [6, 6.07) is 17.1. The van der Waals surface area contributed by atoms with Gasteiger partial charge in [-0.15, -0.1) is 0 Å². The van der Waals surface area contributed by atoms with Crippen LogP contribution in [0.3, 0.4) is 0 Å². The molecule has 0 N–H and O–H groups in total. The molecule has 2 heteroatoms. The molecule has 0 aliphatic carbocycles. The van der Waals surface area contributed by atoms with Crippen molar-refractivity contribution in [3.05, 3.63) is 71.8 Å². The van der Waals surface area contributed by atoms with Crippen LogP contribution in [0.2, 0.25) is 0 Å². The van der Waals surface area contributed by atoms with Crippen LogP contribution in [-0.2, 0) is 0 Å². The van der Waals surface area contributed by atoms with E-state index >= 15 is 0 Å². The number of carbonyl (C=O) groups excluding carboxylic acids is 1. The molecule has 2 aromatic carbocycles. The van der Waals surface area contributed by atoms with Gasteiger partial charge in [-0.2, -0.15) is 0 Å². The summed E-state index contributed by atoms with van der Waals surface area (Å²) < 4.78 is 5.58. The third kappa shape index (κ3) is 4.92. The highest BCUT2D eigenvalue weighted by molar-refractivity contribution is 6.06. The second kappa shape index (κ2) is 8.05. The second-order valence-corrected chi connectivity index (χ2v) is 4.83. The van der Waals surface area contributed by atoms with Gasteiger partial charge in [0.05, 0.1) is 6.61 Å². The van der Waals surface area contributed by atoms with E-state index in [1.165, 1.54) is 0 Å². The number of unbranched alkanes of at least 4 members (excludes halogenated alkanes) is 1. The Morgan fingerprint density at radius 2 is 1.76 bits per heavy atom. The summed E-state index contributed by atoms with van der Waals surface area (Å²) in [4.78, 5) is 12.1. The molecule has 2 rings (SSSR count). The van der Waals surface area contributed by atoms with Crippen LogP contribution < -0.4 is 4.74 Å². The molecule has 0 saturated carbocycles. The molecule has 0 atom stereocenters. The van der Waals surface area contributed by atoms with Crippen LogP contribution in [0.25, 0.3) is 6.08 Å². The quantitative estimate of drug-likeness (QED) is 0.415. The molecular formula is C19H20O2. The van der Waals surface area contributed by atoms with Gasteiger partial charge in [0.2, 0.25) is 0 Å². The number of hydrogen-bond acceptors (Lipinski definition) is 2. The molecule has 0 amide bonds. The largest absolute Gasteiger partial charge is 0.494 e. The maximum absolute atomic E-state index is 12.1. The number of allylic oxidation sites excluding steroid dienone is 1. The fourth-order valence-corrected chi connectivity index (χ4v) is 1.88. The predicted molar refractivity (Wildman–Crippen MR) is 86.7 cm³/mol. The van der Waals surface area contributed by atoms with Gasteiger partial charge in [0, 0.05) is 5.56 Å². The van der Waals surface area contributed by atoms with E-state index in [9.17, 15) is 4.79 Å². The Labute approximate surface area is 126 Å². The lowest BCUT2D eigenvalue weighted by molar-refractivity contribution is 0.104. The Morgan fingerprint density at radius 3 is 2.43 bits per heavy atom. The number of ketones is 1. The van der Waals surface area contributed by atoms with Crippen molar-refractivity contribution in [2.24, 2.45) is 0 Å². The van der Waals surface area contributed by atoms with Crippen molar-refractivity contribution in [2.45, 2.75) is 19.8 Å². The SMILES string of the molecule is CCCCOc1ccc(C(=O)C=Cc2ccccc2)cc1. The monoisotopic (exact) mass is 280 g/mol. The predicted octanol–water partition coefficient (Wildman–Crippen LogP) is 4.76. The summed E-state index contributed by atoms with van der Waals surface area (Å²) in [5.74, 6) is 0.811. The number of hydrogen-bond donors (Lipinski definition) is 0. The molecule has 2 aromatic rings. The lowest BCUT2D eigenvalue weighted by atomic mass is 10.1. The van der Waals surface area contributed by atoms with Crippen LogP contribution in [0.15, 0.2) is 60.7 Å². The molecule has 0 bridgehead atoms. The van der Waals surface area contributed by atoms with Crippen molar-refractivity contribution in [3.63, 3.8) is 0 Å². The lowest BCUT2D eigenvalue weighted by Gasteiger charge is -2.05. The highest BCUT2D eigenvalue weighted by Crippen LogP contribution is 2.14. The average Bonchev–Trinajstić information content (AvgIpc) is 2.54. The van der Waals surface area contributed by atoms with Crippen LogP contribution >= 0.6 is 0 Å². The summed E-state index contributed by atoms with van der Waals surface area (Å²) in [6.07, 6.45) is 5.58. The average molecular weight is 280 g/mol. The first-order valence-electron chi connectivity index (χ1n) is 7.30. The molecule has 0 saturated heterocycles. The molecule has 21 heavy (non-hydrogen) atoms. The molecule has 0 unspecified atom stereocenters. The van der Waals surface area contributed by atoms with Crippen LogP contribution in [-0.4, -0.2) is 12.4 Å². The first-order valence-corrected chi connectivity index (χ1v) is 7.30. The molecule has 0 aliphatic heterocycles. The van der Waals surface area contributed by atoms with E-state index in [2.05, 4.69) is 6.92 Å². The molecule has 0 spiro atoms. The molecule has 0 aromatic heterocycles. The Hall–Kier alpha value is -2.35. The van der Waals surface area contributed by atoms with E-state index in [1.54, 1.807) is 18.2 Å². The van der Waals surface area contributed by atoms with Crippen molar-refractivity contribution in [1.29, 1.82) is 0 Å². The molecule has 0 aliphatic rings. The smallest absolute Gasteiger partial charge is 0.185 e. The maximum Gasteiger partial charge on any atom is 0.185 e. The Kier molecular flexibility index (Phi) is 5.77. The van der Waals surface area contributed by atoms with Crippen molar-refractivity contribution in [1.82, 2.24) is 0 Å². The minimum absolute atomic E-state index is 0.000962. The minimum Gasteiger partial charge on any atom is -0.494 e. The van der Waals surface area contributed by atoms with E-state index in [-0.39, 0.29) is 5.78 Å². The van der Waals surface area contributed by atoms with Crippen molar-refractivity contribution in [2.75, 3.05) is 6.61 Å². The topological polar surface area (TPSA) is 26.3 Å². The van der Waals surface area contributed by atoms with Gasteiger partial charge in [-0.1, -0.05) is 49.8 Å². The third-order valence-corrected chi connectivity index (χ3v) is 3.13. The number of carbonyl (C=O) groups is 1. The van der Waals surface area contributed by atoms with Gasteiger partial charge in [0.25, 0.3) is 0 Å². The fourth-order valence-electron chi connectivity index (χ4n) is 1.88. The standard InChI is InChI=1S/C19H20O2/c1-2-3-15-21-18-12-10-17(11-13-18)19(20)14-9-16-7-5-4-6-8-16/h4-14H,2-3,15H2,1H3. The number of benzene rings is 2. The molecular weight excluding hydrogens is 260 g/mol. The first-order chi connectivity index (χ1) is 10.3. The summed E-state index contributed by atoms with van der Waals surface area (Å²) in [6.45, 7) is 2.85. The summed E-state index contributed by atoms with van der Waals surface area (Å²) in [5, 5.41) is 0. The molecule has 0 fully saturated rings. The Balaban J connectivity index is 1.95. The van der Waals surface area contributed by atoms with Gasteiger partial charge in [-0.3, -0.25) is 4.79 Å². The third-order valence-electron chi connectivity index (χ3n) is 3.13. The number of rotatable bonds is 7.